The van der Waals surface area contributed by atoms with E-state index in [9.17, 15) is 9.59 Å². The predicted octanol–water partition coefficient (Wildman–Crippen LogP) is 5.94. The van der Waals surface area contributed by atoms with Crippen molar-refractivity contribution in [3.63, 3.8) is 0 Å². The lowest BCUT2D eigenvalue weighted by atomic mass is 9.87. The molecule has 3 saturated heterocycles. The van der Waals surface area contributed by atoms with Gasteiger partial charge in [0.1, 0.15) is 12.9 Å². The van der Waals surface area contributed by atoms with Gasteiger partial charge in [0.05, 0.1) is 5.71 Å². The number of hydrogen-bond donors (Lipinski definition) is 2. The van der Waals surface area contributed by atoms with Crippen LogP contribution in [0.25, 0.3) is 0 Å². The lowest BCUT2D eigenvalue weighted by Crippen LogP contribution is -2.46. The monoisotopic (exact) mass is 730 g/mol. The Labute approximate surface area is 310 Å². The van der Waals surface area contributed by atoms with Gasteiger partial charge >= 0.3 is 0 Å². The molecule has 13 heteroatoms. The molecule has 276 valence electrons. The summed E-state index contributed by atoms with van der Waals surface area (Å²) < 4.78 is 0. The van der Waals surface area contributed by atoms with Crippen molar-refractivity contribution in [3.8, 4) is 0 Å². The Morgan fingerprint density at radius 1 is 0.840 bits per heavy atom. The zero-order valence-electron chi connectivity index (χ0n) is 27.6. The Morgan fingerprint density at radius 3 is 2.00 bits per heavy atom. The fraction of sp³-hybridized carbons (Fsp3) is 0.514. The summed E-state index contributed by atoms with van der Waals surface area (Å²) in [5.41, 5.74) is 9.63. The number of halogens is 2. The maximum absolute atomic E-state index is 13.2. The van der Waals surface area contributed by atoms with Crippen LogP contribution in [0.15, 0.2) is 72.5 Å². The summed E-state index contributed by atoms with van der Waals surface area (Å²) in [5, 5.41) is 7.54. The first-order chi connectivity index (χ1) is 22.5. The SMILES string of the molecule is C.C.CON=C(c1cccnc1)C1CCN(C(=O)C2CCN(Cc3ccnc(N)c3)CC2)CC1.Cl.Cl.O=C(c1cccnc1)C1CCNCC1. The van der Waals surface area contributed by atoms with E-state index < -0.39 is 0 Å². The Morgan fingerprint density at radius 2 is 1.44 bits per heavy atom. The number of aromatic nitrogens is 3. The number of nitrogens with zero attached hydrogens (tertiary/aromatic N) is 6. The van der Waals surface area contributed by atoms with Gasteiger partial charge in [0.2, 0.25) is 5.91 Å². The van der Waals surface area contributed by atoms with Crippen molar-refractivity contribution >= 4 is 48.0 Å². The number of rotatable bonds is 8. The number of nitrogen functional groups attached to an aromatic ring is 1. The van der Waals surface area contributed by atoms with Crippen LogP contribution in [0.3, 0.4) is 0 Å². The number of oxime groups is 1. The molecule has 50 heavy (non-hydrogen) atoms. The second-order valence-corrected chi connectivity index (χ2v) is 12.3. The first kappa shape index (κ1) is 44.4. The van der Waals surface area contributed by atoms with Gasteiger partial charge in [-0.3, -0.25) is 24.5 Å². The summed E-state index contributed by atoms with van der Waals surface area (Å²) in [7, 11) is 1.57. The third-order valence-electron chi connectivity index (χ3n) is 9.18. The lowest BCUT2D eigenvalue weighted by Gasteiger charge is -2.37. The average Bonchev–Trinajstić information content (AvgIpc) is 3.12. The van der Waals surface area contributed by atoms with Gasteiger partial charge in [-0.25, -0.2) is 4.98 Å². The summed E-state index contributed by atoms with van der Waals surface area (Å²) in [4.78, 5) is 46.9. The van der Waals surface area contributed by atoms with Crippen molar-refractivity contribution in [2.45, 2.75) is 59.9 Å². The van der Waals surface area contributed by atoms with E-state index in [0.29, 0.717) is 11.7 Å². The molecule has 0 aromatic carbocycles. The summed E-state index contributed by atoms with van der Waals surface area (Å²) in [5.74, 6) is 1.70. The van der Waals surface area contributed by atoms with Crippen molar-refractivity contribution in [1.29, 1.82) is 0 Å². The first-order valence-corrected chi connectivity index (χ1v) is 16.4. The molecule has 0 aliphatic carbocycles. The highest BCUT2D eigenvalue weighted by Gasteiger charge is 2.32. The van der Waals surface area contributed by atoms with Gasteiger partial charge in [0.15, 0.2) is 5.78 Å². The zero-order valence-corrected chi connectivity index (χ0v) is 29.2. The van der Waals surface area contributed by atoms with E-state index >= 15 is 0 Å². The Bertz CT molecular complexity index is 1430. The summed E-state index contributed by atoms with van der Waals surface area (Å²) in [6, 6.07) is 11.5. The van der Waals surface area contributed by atoms with E-state index in [4.69, 9.17) is 10.6 Å². The molecule has 3 fully saturated rings. The smallest absolute Gasteiger partial charge is 0.225 e. The number of ketones is 1. The van der Waals surface area contributed by atoms with Gasteiger partial charge in [0, 0.05) is 79.5 Å². The zero-order chi connectivity index (χ0) is 32.1. The Kier molecular flexibility index (Phi) is 20.4. The molecule has 0 spiro atoms. The summed E-state index contributed by atoms with van der Waals surface area (Å²) in [6.07, 6.45) is 14.2. The van der Waals surface area contributed by atoms with Gasteiger partial charge in [0.25, 0.3) is 0 Å². The van der Waals surface area contributed by atoms with Crippen LogP contribution in [0.5, 0.6) is 0 Å². The third kappa shape index (κ3) is 12.6. The van der Waals surface area contributed by atoms with E-state index in [-0.39, 0.29) is 63.2 Å². The quantitative estimate of drug-likeness (QED) is 0.164. The fourth-order valence-electron chi connectivity index (χ4n) is 6.62. The first-order valence-electron chi connectivity index (χ1n) is 16.4. The van der Waals surface area contributed by atoms with E-state index in [0.717, 1.165) is 101 Å². The number of nitrogens with two attached hydrogens (primary N) is 1. The number of carbonyl (C=O) groups is 2. The largest absolute Gasteiger partial charge is 0.399 e. The van der Waals surface area contributed by atoms with Crippen molar-refractivity contribution in [2.75, 3.05) is 52.1 Å². The van der Waals surface area contributed by atoms with E-state index in [2.05, 4.69) is 30.3 Å². The summed E-state index contributed by atoms with van der Waals surface area (Å²) >= 11 is 0. The molecule has 0 atom stereocenters. The van der Waals surface area contributed by atoms with Gasteiger partial charge in [-0.15, -0.1) is 24.8 Å². The molecule has 11 nitrogen and oxygen atoms in total. The standard InChI is InChI=1S/C24H32N6O2.C11H14N2O.2CH4.2ClH/c1-32-28-23(21-3-2-9-26-16-21)19-7-13-30(14-8-19)24(31)20-5-11-29(12-6-20)17-18-4-10-27-22(25)15-18;14-11(9-3-6-12-7-4-9)10-2-1-5-13-8-10;;;;/h2-4,9-10,15-16,19-20H,5-8,11-14,17H2,1H3,(H2,25,27);1-2,5,8-9,12H,3-4,6-7H2;2*1H4;2*1H. The Hall–Kier alpha value is -3.64. The van der Waals surface area contributed by atoms with Crippen LogP contribution in [0.1, 0.15) is 74.9 Å². The molecule has 0 unspecified atom stereocenters. The second kappa shape index (κ2) is 23.0. The number of nitrogens with one attached hydrogen (secondary N) is 1. The number of piperidine rings is 3. The minimum Gasteiger partial charge on any atom is -0.399 e. The highest BCUT2D eigenvalue weighted by Crippen LogP contribution is 2.27. The molecule has 0 radical (unpaired) electrons. The van der Waals surface area contributed by atoms with Crippen LogP contribution >= 0.6 is 24.8 Å². The number of likely N-dealkylation sites (tertiary alicyclic amines) is 2. The lowest BCUT2D eigenvalue weighted by molar-refractivity contribution is -0.138. The van der Waals surface area contributed by atoms with Crippen LogP contribution in [-0.4, -0.2) is 88.5 Å². The van der Waals surface area contributed by atoms with Crippen LogP contribution < -0.4 is 11.1 Å². The molecule has 6 heterocycles. The topological polar surface area (TPSA) is 139 Å². The minimum atomic E-state index is 0. The number of anilines is 1. The minimum absolute atomic E-state index is 0. The third-order valence-corrected chi connectivity index (χ3v) is 9.18. The molecule has 3 N–H and O–H groups in total. The second-order valence-electron chi connectivity index (χ2n) is 12.3. The summed E-state index contributed by atoms with van der Waals surface area (Å²) in [6.45, 7) is 6.16. The molecule has 6 rings (SSSR count). The van der Waals surface area contributed by atoms with Crippen LogP contribution in [0.4, 0.5) is 5.82 Å². The van der Waals surface area contributed by atoms with Crippen molar-refractivity contribution in [1.82, 2.24) is 30.1 Å². The van der Waals surface area contributed by atoms with Crippen LogP contribution in [0.2, 0.25) is 0 Å². The number of hydrogen-bond acceptors (Lipinski definition) is 10. The Balaban J connectivity index is 0.000000590. The van der Waals surface area contributed by atoms with Crippen molar-refractivity contribution in [3.05, 3.63) is 84.1 Å². The molecule has 1 amide bonds. The van der Waals surface area contributed by atoms with E-state index in [1.165, 1.54) is 5.56 Å². The molecular weight excluding hydrogens is 675 g/mol. The van der Waals surface area contributed by atoms with Gasteiger partial charge < -0.3 is 20.8 Å². The molecule has 3 aromatic rings. The maximum Gasteiger partial charge on any atom is 0.225 e. The van der Waals surface area contributed by atoms with E-state index in [1.807, 2.05) is 47.5 Å². The number of Topliss-reactive ketones (excluding diaryl/α,β-unsaturated/α-hetero) is 1. The number of amides is 1. The highest BCUT2D eigenvalue weighted by atomic mass is 35.5. The molecular formula is C37H56Cl2N8O3. The van der Waals surface area contributed by atoms with Gasteiger partial charge in [-0.05, 0) is 107 Å². The molecule has 3 aliphatic rings. The molecule has 3 aromatic heterocycles. The van der Waals surface area contributed by atoms with Crippen molar-refractivity contribution < 1.29 is 14.4 Å². The normalized spacial score (nSPS) is 17.3. The molecule has 0 saturated carbocycles. The molecule has 3 aliphatic heterocycles. The van der Waals surface area contributed by atoms with Gasteiger partial charge in [-0.1, -0.05) is 20.0 Å². The average molecular weight is 732 g/mol. The van der Waals surface area contributed by atoms with Gasteiger partial charge in [-0.2, -0.15) is 0 Å². The van der Waals surface area contributed by atoms with Crippen LogP contribution in [-0.2, 0) is 16.2 Å². The van der Waals surface area contributed by atoms with E-state index in [1.54, 1.807) is 31.9 Å². The highest BCUT2D eigenvalue weighted by molar-refractivity contribution is 6.01. The number of pyridine rings is 3. The maximum atomic E-state index is 13.2. The predicted molar refractivity (Wildman–Crippen MR) is 206 cm³/mol. The van der Waals surface area contributed by atoms with Crippen LogP contribution in [0, 0.1) is 17.8 Å². The fourth-order valence-corrected chi connectivity index (χ4v) is 6.62. The van der Waals surface area contributed by atoms with Crippen molar-refractivity contribution in [2.24, 2.45) is 22.9 Å². The number of carbonyl (C=O) groups excluding carboxylic acids is 2. The molecule has 0 bridgehead atoms.